The summed E-state index contributed by atoms with van der Waals surface area (Å²) >= 11 is 6.98. The Balaban J connectivity index is 2.07. The quantitative estimate of drug-likeness (QED) is 0.731. The first-order chi connectivity index (χ1) is 7.49. The molecule has 0 aromatic heterocycles. The highest BCUT2D eigenvalue weighted by Gasteiger charge is 2.52. The van der Waals surface area contributed by atoms with E-state index < -0.39 is 9.84 Å². The first-order valence-corrected chi connectivity index (χ1v) is 9.92. The number of sulfone groups is 1. The van der Waals surface area contributed by atoms with Crippen molar-refractivity contribution in [3.63, 3.8) is 0 Å². The van der Waals surface area contributed by atoms with E-state index in [2.05, 4.69) is 34.7 Å². The maximum absolute atomic E-state index is 11.7. The van der Waals surface area contributed by atoms with Crippen molar-refractivity contribution in [3.05, 3.63) is 0 Å². The third-order valence-electron chi connectivity index (χ3n) is 3.04. The summed E-state index contributed by atoms with van der Waals surface area (Å²) in [5.74, 6) is 0.336. The van der Waals surface area contributed by atoms with E-state index in [1.54, 1.807) is 0 Å². The summed E-state index contributed by atoms with van der Waals surface area (Å²) in [7, 11) is -2.89. The largest absolute Gasteiger partial charge is 0.284 e. The number of nitrogens with zero attached hydrogens (tertiary/aromatic N) is 1. The Kier molecular flexibility index (Phi) is 4.22. The number of halogens is 1. The van der Waals surface area contributed by atoms with Crippen molar-refractivity contribution >= 4 is 49.3 Å². The number of hydrogen-bond acceptors (Lipinski definition) is 5. The Hall–Kier alpha value is 1.09. The molecular weight excluding hydrogens is 330 g/mol. The highest BCUT2D eigenvalue weighted by molar-refractivity contribution is 9.11. The zero-order valence-electron chi connectivity index (χ0n) is 9.30. The molecule has 0 aromatic rings. The molecule has 2 aliphatic heterocycles. The molecule has 0 aromatic carbocycles. The van der Waals surface area contributed by atoms with Crippen LogP contribution in [0.2, 0.25) is 0 Å². The van der Waals surface area contributed by atoms with E-state index in [9.17, 15) is 8.42 Å². The van der Waals surface area contributed by atoms with Crippen LogP contribution in [0, 0.1) is 0 Å². The van der Waals surface area contributed by atoms with Crippen LogP contribution in [-0.4, -0.2) is 51.5 Å². The Morgan fingerprint density at radius 3 is 2.44 bits per heavy atom. The summed E-state index contributed by atoms with van der Waals surface area (Å²) in [5.41, 5.74) is 0. The molecule has 7 heteroatoms. The van der Waals surface area contributed by atoms with Crippen molar-refractivity contribution in [3.8, 4) is 0 Å². The molecule has 2 rings (SSSR count). The number of fused-ring (bicyclic) bond motifs is 1. The van der Waals surface area contributed by atoms with Crippen LogP contribution in [0.3, 0.4) is 0 Å². The fourth-order valence-corrected chi connectivity index (χ4v) is 10.4. The Morgan fingerprint density at radius 1 is 1.31 bits per heavy atom. The second-order valence-electron chi connectivity index (χ2n) is 3.98. The van der Waals surface area contributed by atoms with Gasteiger partial charge in [0.05, 0.1) is 5.75 Å². The predicted octanol–water partition coefficient (Wildman–Crippen LogP) is 1.98. The van der Waals surface area contributed by atoms with Gasteiger partial charge in [0.1, 0.15) is 8.87 Å². The Labute approximate surface area is 114 Å². The third kappa shape index (κ3) is 2.30. The topological polar surface area (TPSA) is 37.4 Å². The lowest BCUT2D eigenvalue weighted by Gasteiger charge is -2.25. The van der Waals surface area contributed by atoms with Crippen LogP contribution in [0.5, 0.6) is 0 Å². The Bertz CT molecular complexity index is 358. The molecular formula is C9H16BrNO2S3. The van der Waals surface area contributed by atoms with Gasteiger partial charge in [-0.05, 0) is 13.1 Å². The van der Waals surface area contributed by atoms with Crippen molar-refractivity contribution in [2.75, 3.05) is 18.8 Å². The zero-order chi connectivity index (χ0) is 11.9. The molecule has 3 nitrogen and oxygen atoms in total. The highest BCUT2D eigenvalue weighted by Crippen LogP contribution is 2.52. The summed E-state index contributed by atoms with van der Waals surface area (Å²) in [6.45, 7) is 6.36. The first-order valence-electron chi connectivity index (χ1n) is 5.40. The molecule has 0 spiro atoms. The van der Waals surface area contributed by atoms with Gasteiger partial charge in [0.2, 0.25) is 0 Å². The van der Waals surface area contributed by atoms with Crippen LogP contribution in [0.15, 0.2) is 0 Å². The standard InChI is InChI=1S/C9H16BrNO2S3/c1-3-11(4-2)9-14-6-5-16(12,13)8(10)7(6)15-9/h6-9H,3-5H2,1-2H3/t6-,7+,8-,9-/m0/s1. The number of thioether (sulfide) groups is 2. The maximum atomic E-state index is 11.7. The van der Waals surface area contributed by atoms with Gasteiger partial charge in [-0.15, -0.1) is 23.5 Å². The molecule has 0 aliphatic carbocycles. The van der Waals surface area contributed by atoms with Crippen molar-refractivity contribution in [1.29, 1.82) is 0 Å². The molecule has 0 amide bonds. The molecule has 94 valence electrons. The lowest BCUT2D eigenvalue weighted by atomic mass is 10.4. The summed E-state index contributed by atoms with van der Waals surface area (Å²) in [6, 6.07) is 0. The van der Waals surface area contributed by atoms with Crippen LogP contribution < -0.4 is 0 Å². The van der Waals surface area contributed by atoms with Crippen LogP contribution >= 0.6 is 39.5 Å². The van der Waals surface area contributed by atoms with Gasteiger partial charge in [-0.2, -0.15) is 0 Å². The van der Waals surface area contributed by atoms with Crippen LogP contribution in [0.1, 0.15) is 13.8 Å². The minimum Gasteiger partial charge on any atom is -0.284 e. The first kappa shape index (κ1) is 13.5. The van der Waals surface area contributed by atoms with Crippen molar-refractivity contribution in [1.82, 2.24) is 4.90 Å². The molecule has 2 aliphatic rings. The van der Waals surface area contributed by atoms with Crippen molar-refractivity contribution in [2.45, 2.75) is 33.2 Å². The Morgan fingerprint density at radius 2 is 1.94 bits per heavy atom. The fraction of sp³-hybridized carbons (Fsp3) is 1.00. The molecule has 16 heavy (non-hydrogen) atoms. The summed E-state index contributed by atoms with van der Waals surface area (Å²) < 4.78 is 23.5. The fourth-order valence-electron chi connectivity index (χ4n) is 2.06. The van der Waals surface area contributed by atoms with Gasteiger partial charge in [-0.3, -0.25) is 4.90 Å². The molecule has 0 bridgehead atoms. The molecule has 2 saturated heterocycles. The van der Waals surface area contributed by atoms with Crippen LogP contribution in [0.25, 0.3) is 0 Å². The summed E-state index contributed by atoms with van der Waals surface area (Å²) in [4.78, 5) is 2.39. The average molecular weight is 346 g/mol. The lowest BCUT2D eigenvalue weighted by Crippen LogP contribution is -2.30. The number of hydrogen-bond donors (Lipinski definition) is 0. The minimum atomic E-state index is -2.89. The third-order valence-corrected chi connectivity index (χ3v) is 11.5. The molecule has 2 heterocycles. The summed E-state index contributed by atoms with van der Waals surface area (Å²) in [5, 5.41) is 0.491. The highest BCUT2D eigenvalue weighted by atomic mass is 79.9. The number of alkyl halides is 1. The van der Waals surface area contributed by atoms with Gasteiger partial charge in [0, 0.05) is 10.5 Å². The average Bonchev–Trinajstić information content (AvgIpc) is 2.69. The normalized spacial score (nSPS) is 41.5. The summed E-state index contributed by atoms with van der Waals surface area (Å²) in [6.07, 6.45) is 0. The maximum Gasteiger partial charge on any atom is 0.165 e. The van der Waals surface area contributed by atoms with Gasteiger partial charge in [0.25, 0.3) is 0 Å². The van der Waals surface area contributed by atoms with E-state index in [1.165, 1.54) is 0 Å². The van der Waals surface area contributed by atoms with E-state index in [-0.39, 0.29) is 14.7 Å². The lowest BCUT2D eigenvalue weighted by molar-refractivity contribution is 0.340. The van der Waals surface area contributed by atoms with Gasteiger partial charge in [-0.1, -0.05) is 29.8 Å². The van der Waals surface area contributed by atoms with E-state index in [0.29, 0.717) is 10.5 Å². The zero-order valence-corrected chi connectivity index (χ0v) is 13.3. The molecule has 0 saturated carbocycles. The van der Waals surface area contributed by atoms with E-state index >= 15 is 0 Å². The van der Waals surface area contributed by atoms with E-state index in [1.807, 2.05) is 23.5 Å². The molecule has 0 radical (unpaired) electrons. The van der Waals surface area contributed by atoms with Crippen LogP contribution in [0.4, 0.5) is 0 Å². The minimum absolute atomic E-state index is 0.223. The van der Waals surface area contributed by atoms with Crippen molar-refractivity contribution in [2.24, 2.45) is 0 Å². The van der Waals surface area contributed by atoms with Gasteiger partial charge < -0.3 is 0 Å². The molecule has 0 N–H and O–H groups in total. The van der Waals surface area contributed by atoms with E-state index in [4.69, 9.17) is 0 Å². The molecule has 2 fully saturated rings. The van der Waals surface area contributed by atoms with Gasteiger partial charge >= 0.3 is 0 Å². The van der Waals surface area contributed by atoms with Gasteiger partial charge in [-0.25, -0.2) is 8.42 Å². The second kappa shape index (κ2) is 4.99. The molecule has 0 unspecified atom stereocenters. The van der Waals surface area contributed by atoms with Crippen LogP contribution in [-0.2, 0) is 9.84 Å². The smallest absolute Gasteiger partial charge is 0.165 e. The van der Waals surface area contributed by atoms with E-state index in [0.717, 1.165) is 13.1 Å². The monoisotopic (exact) mass is 345 g/mol. The van der Waals surface area contributed by atoms with Gasteiger partial charge in [0.15, 0.2) is 9.84 Å². The molecule has 4 atom stereocenters. The predicted molar refractivity (Wildman–Crippen MR) is 76.0 cm³/mol. The SMILES string of the molecule is CCN(CC)[C@@H]1S[C@@H]2[C@H](CS(=O)(=O)[C@@H]2Br)S1. The van der Waals surface area contributed by atoms with Crippen molar-refractivity contribution < 1.29 is 8.42 Å². The number of rotatable bonds is 3. The second-order valence-corrected chi connectivity index (χ2v) is 10.6.